The number of fused-ring (bicyclic) bond motifs is 3. The van der Waals surface area contributed by atoms with Crippen molar-refractivity contribution in [3.63, 3.8) is 0 Å². The van der Waals surface area contributed by atoms with Gasteiger partial charge >= 0.3 is 0 Å². The molecule has 274 valence electrons. The molecule has 51 heavy (non-hydrogen) atoms. The molecule has 1 aliphatic carbocycles. The molecule has 11 heteroatoms. The van der Waals surface area contributed by atoms with Crippen molar-refractivity contribution >= 4 is 39.2 Å². The molecular weight excluding hydrogens is 669 g/mol. The molecule has 0 N–H and O–H groups in total. The maximum atomic E-state index is 6.48. The number of piperidine rings is 1. The summed E-state index contributed by atoms with van der Waals surface area (Å²) < 4.78 is 21.2. The molecular formula is C40H58N6O3Si2. The average molecular weight is 727 g/mol. The fourth-order valence-corrected chi connectivity index (χ4v) is 8.68. The van der Waals surface area contributed by atoms with Crippen LogP contribution in [0.1, 0.15) is 31.7 Å². The summed E-state index contributed by atoms with van der Waals surface area (Å²) >= 11 is 0. The number of hydrogen-bond acceptors (Lipinski definition) is 8. The zero-order valence-electron chi connectivity index (χ0n) is 32.0. The summed E-state index contributed by atoms with van der Waals surface area (Å²) in [5.41, 5.74) is 5.55. The highest BCUT2D eigenvalue weighted by Gasteiger charge is 2.37. The van der Waals surface area contributed by atoms with E-state index in [1.54, 1.807) is 0 Å². The lowest BCUT2D eigenvalue weighted by atomic mass is 9.98. The summed E-state index contributed by atoms with van der Waals surface area (Å²) in [5.74, 6) is 3.67. The van der Waals surface area contributed by atoms with Gasteiger partial charge in [0.15, 0.2) is 11.5 Å². The van der Waals surface area contributed by atoms with Crippen LogP contribution in [0.2, 0.25) is 51.4 Å². The van der Waals surface area contributed by atoms with Gasteiger partial charge in [-0.25, -0.2) is 4.98 Å². The number of pyridine rings is 1. The van der Waals surface area contributed by atoms with Crippen molar-refractivity contribution in [2.24, 2.45) is 11.8 Å². The fourth-order valence-electron chi connectivity index (χ4n) is 7.17. The first-order valence-electron chi connectivity index (χ1n) is 18.8. The van der Waals surface area contributed by atoms with Crippen LogP contribution in [0.25, 0.3) is 33.8 Å². The van der Waals surface area contributed by atoms with E-state index in [2.05, 4.69) is 79.9 Å². The summed E-state index contributed by atoms with van der Waals surface area (Å²) in [6.07, 6.45) is 7.70. The van der Waals surface area contributed by atoms with Crippen LogP contribution in [0.15, 0.2) is 61.4 Å². The highest BCUT2D eigenvalue weighted by molar-refractivity contribution is 6.76. The average Bonchev–Trinajstić information content (AvgIpc) is 3.68. The van der Waals surface area contributed by atoms with Crippen LogP contribution in [0.3, 0.4) is 0 Å². The second-order valence-electron chi connectivity index (χ2n) is 16.8. The third-order valence-electron chi connectivity index (χ3n) is 10.0. The molecule has 1 aliphatic heterocycles. The van der Waals surface area contributed by atoms with Crippen LogP contribution >= 0.6 is 0 Å². The van der Waals surface area contributed by atoms with E-state index < -0.39 is 16.1 Å². The van der Waals surface area contributed by atoms with Crippen molar-refractivity contribution in [3.05, 3.63) is 67.0 Å². The number of aromatic nitrogens is 4. The van der Waals surface area contributed by atoms with Crippen molar-refractivity contribution in [1.29, 1.82) is 0 Å². The zero-order chi connectivity index (χ0) is 36.2. The molecule has 2 unspecified atom stereocenters. The Bertz CT molecular complexity index is 1730. The minimum Gasteiger partial charge on any atom is -0.494 e. The molecule has 1 aromatic carbocycles. The van der Waals surface area contributed by atoms with Crippen molar-refractivity contribution in [2.45, 2.75) is 77.6 Å². The Hall–Kier alpha value is -3.52. The van der Waals surface area contributed by atoms with Crippen LogP contribution in [0.5, 0.6) is 0 Å². The monoisotopic (exact) mass is 726 g/mol. The van der Waals surface area contributed by atoms with Gasteiger partial charge in [-0.3, -0.25) is 4.98 Å². The molecule has 2 aliphatic rings. The molecule has 3 aromatic heterocycles. The third kappa shape index (κ3) is 9.29. The standard InChI is InChI=1S/C40H58N6O3Si2/c1-9-49-30(2)37-39(44-26-31-15-16-32(23-31)27-44)43-38-35(34-17-18-36(41-24-34)33-13-11-10-12-14-33)25-42-46(38)40(37)45(28-47-19-21-50(3,4)5)29-48-20-22-51(6,7)8/h10-14,17-18,24-25,31-32H,2,9,15-16,19-23,26-29H2,1,3-8H3. The summed E-state index contributed by atoms with van der Waals surface area (Å²) in [5, 5.41) is 5.04. The fraction of sp³-hybridized carbons (Fsp3) is 0.525. The molecule has 0 radical (unpaired) electrons. The number of anilines is 2. The molecule has 1 saturated carbocycles. The molecule has 0 spiro atoms. The largest absolute Gasteiger partial charge is 0.494 e. The molecule has 0 amide bonds. The van der Waals surface area contributed by atoms with Crippen molar-refractivity contribution < 1.29 is 14.2 Å². The van der Waals surface area contributed by atoms with Crippen LogP contribution in [-0.2, 0) is 14.2 Å². The summed E-state index contributed by atoms with van der Waals surface area (Å²) in [7, 11) is -2.57. The van der Waals surface area contributed by atoms with E-state index in [-0.39, 0.29) is 0 Å². The first-order chi connectivity index (χ1) is 24.4. The van der Waals surface area contributed by atoms with Crippen LogP contribution in [-0.4, -0.2) is 82.1 Å². The van der Waals surface area contributed by atoms with Gasteiger partial charge < -0.3 is 24.0 Å². The number of nitrogens with zero attached hydrogens (tertiary/aromatic N) is 6. The second-order valence-corrected chi connectivity index (χ2v) is 28.0. The molecule has 9 nitrogen and oxygen atoms in total. The van der Waals surface area contributed by atoms with Gasteiger partial charge in [0.05, 0.1) is 18.5 Å². The Balaban J connectivity index is 1.48. The Morgan fingerprint density at radius 2 is 1.51 bits per heavy atom. The SMILES string of the molecule is C=C(OCC)c1c(N2CC3CCC(C3)C2)nc2c(-c3ccc(-c4ccccc4)nc3)cnn2c1N(COCC[Si](C)(C)C)COCC[Si](C)(C)C. The van der Waals surface area contributed by atoms with Crippen LogP contribution in [0.4, 0.5) is 11.6 Å². The summed E-state index contributed by atoms with van der Waals surface area (Å²) in [4.78, 5) is 15.0. The third-order valence-corrected chi connectivity index (χ3v) is 13.4. The Morgan fingerprint density at radius 1 is 0.863 bits per heavy atom. The number of rotatable bonds is 17. The Labute approximate surface area is 307 Å². The molecule has 4 aromatic rings. The summed E-state index contributed by atoms with van der Waals surface area (Å²) in [6, 6.07) is 16.6. The van der Waals surface area contributed by atoms with E-state index in [0.29, 0.717) is 50.9 Å². The summed E-state index contributed by atoms with van der Waals surface area (Å²) in [6.45, 7) is 25.4. The van der Waals surface area contributed by atoms with Gasteiger partial charge in [-0.05, 0) is 56.2 Å². The van der Waals surface area contributed by atoms with Crippen molar-refractivity contribution in [1.82, 2.24) is 19.6 Å². The van der Waals surface area contributed by atoms with Crippen molar-refractivity contribution in [2.75, 3.05) is 56.2 Å². The smallest absolute Gasteiger partial charge is 0.167 e. The second kappa shape index (κ2) is 16.0. The van der Waals surface area contributed by atoms with Gasteiger partial charge in [0, 0.05) is 65.3 Å². The first kappa shape index (κ1) is 37.2. The lowest BCUT2D eigenvalue weighted by Crippen LogP contribution is -2.39. The highest BCUT2D eigenvalue weighted by atomic mass is 28.3. The predicted octanol–water partition coefficient (Wildman–Crippen LogP) is 9.13. The van der Waals surface area contributed by atoms with E-state index in [1.807, 2.05) is 42.0 Å². The number of benzene rings is 1. The van der Waals surface area contributed by atoms with E-state index in [9.17, 15) is 0 Å². The predicted molar refractivity (Wildman–Crippen MR) is 216 cm³/mol. The van der Waals surface area contributed by atoms with Crippen LogP contribution < -0.4 is 9.80 Å². The van der Waals surface area contributed by atoms with Crippen molar-refractivity contribution in [3.8, 4) is 22.4 Å². The normalized spacial score (nSPS) is 17.7. The van der Waals surface area contributed by atoms with E-state index in [4.69, 9.17) is 29.3 Å². The van der Waals surface area contributed by atoms with Gasteiger partial charge in [0.25, 0.3) is 0 Å². The van der Waals surface area contributed by atoms with E-state index in [1.165, 1.54) is 19.3 Å². The van der Waals surface area contributed by atoms with E-state index >= 15 is 0 Å². The number of ether oxygens (including phenoxy) is 3. The number of hydrogen-bond donors (Lipinski definition) is 0. The lowest BCUT2D eigenvalue weighted by molar-refractivity contribution is 0.0941. The quantitative estimate of drug-likeness (QED) is 0.0462. The zero-order valence-corrected chi connectivity index (χ0v) is 34.0. The topological polar surface area (TPSA) is 77.2 Å². The Kier molecular flexibility index (Phi) is 11.7. The van der Waals surface area contributed by atoms with Gasteiger partial charge in [0.2, 0.25) is 0 Å². The maximum Gasteiger partial charge on any atom is 0.167 e. The Morgan fingerprint density at radius 3 is 2.08 bits per heavy atom. The molecule has 2 fully saturated rings. The molecule has 2 atom stereocenters. The van der Waals surface area contributed by atoms with Crippen LogP contribution in [0, 0.1) is 11.8 Å². The lowest BCUT2D eigenvalue weighted by Gasteiger charge is -2.36. The first-order valence-corrected chi connectivity index (χ1v) is 26.2. The van der Waals surface area contributed by atoms with Gasteiger partial charge in [-0.2, -0.15) is 9.61 Å². The highest BCUT2D eigenvalue weighted by Crippen LogP contribution is 2.43. The van der Waals surface area contributed by atoms with Gasteiger partial charge in [0.1, 0.15) is 30.6 Å². The minimum atomic E-state index is -1.29. The molecule has 2 bridgehead atoms. The molecule has 6 rings (SSSR count). The molecule has 4 heterocycles. The van der Waals surface area contributed by atoms with E-state index in [0.717, 1.165) is 70.4 Å². The maximum absolute atomic E-state index is 6.48. The van der Waals surface area contributed by atoms with Gasteiger partial charge in [-0.1, -0.05) is 82.3 Å². The van der Waals surface area contributed by atoms with Gasteiger partial charge in [-0.15, -0.1) is 0 Å². The minimum absolute atomic E-state index is 0.357. The molecule has 1 saturated heterocycles.